The maximum atomic E-state index is 11.5. The Kier molecular flexibility index (Phi) is 2.59. The molecule has 7 heteroatoms. The zero-order valence-electron chi connectivity index (χ0n) is 10.3. The zero-order valence-corrected chi connectivity index (χ0v) is 10.3. The third-order valence-electron chi connectivity index (χ3n) is 3.29. The van der Waals surface area contributed by atoms with Crippen LogP contribution in [0.3, 0.4) is 0 Å². The predicted molar refractivity (Wildman–Crippen MR) is 70.4 cm³/mol. The molecular weight excluding hydrogens is 244 g/mol. The number of amides is 1. The normalized spacial score (nSPS) is 14.2. The lowest BCUT2D eigenvalue weighted by Crippen LogP contribution is -2.35. The molecule has 98 valence electrons. The van der Waals surface area contributed by atoms with Crippen molar-refractivity contribution >= 4 is 17.3 Å². The summed E-state index contributed by atoms with van der Waals surface area (Å²) in [5, 5.41) is 7.93. The number of hydrogen-bond donors (Lipinski definition) is 2. The molecule has 2 heterocycles. The van der Waals surface area contributed by atoms with Gasteiger partial charge in [0.15, 0.2) is 5.82 Å². The topological polar surface area (TPSA) is 103 Å². The van der Waals surface area contributed by atoms with Crippen molar-refractivity contribution in [1.29, 1.82) is 0 Å². The van der Waals surface area contributed by atoms with Crippen LogP contribution in [0.15, 0.2) is 24.5 Å². The summed E-state index contributed by atoms with van der Waals surface area (Å²) < 4.78 is 1.99. The number of nitrogen functional groups attached to an aromatic ring is 1. The average Bonchev–Trinajstić information content (AvgIpc) is 2.85. The molecule has 1 aromatic heterocycles. The van der Waals surface area contributed by atoms with Gasteiger partial charge in [-0.1, -0.05) is 6.07 Å². The second-order valence-electron chi connectivity index (χ2n) is 4.47. The third-order valence-corrected chi connectivity index (χ3v) is 3.29. The molecule has 7 nitrogen and oxygen atoms in total. The first kappa shape index (κ1) is 11.5. The molecule has 0 radical (unpaired) electrons. The lowest BCUT2D eigenvalue weighted by Gasteiger charge is -2.31. The second-order valence-corrected chi connectivity index (χ2v) is 4.47. The summed E-state index contributed by atoms with van der Waals surface area (Å²) in [5.41, 5.74) is 13.1. The van der Waals surface area contributed by atoms with E-state index in [0.29, 0.717) is 23.5 Å². The molecule has 0 spiro atoms. The van der Waals surface area contributed by atoms with E-state index in [1.54, 1.807) is 24.5 Å². The van der Waals surface area contributed by atoms with Gasteiger partial charge < -0.3 is 20.9 Å². The standard InChI is InChI=1S/C12H14N6O/c13-9-3-1-2-8(12(14)19)11(9)17-4-5-18-7-15-16-10(18)6-17/h1-3,7H,4-6,13H2,(H2,14,19). The SMILES string of the molecule is NC(=O)c1cccc(N)c1N1CCn2cnnc2C1. The molecule has 2 aromatic rings. The molecule has 0 atom stereocenters. The van der Waals surface area contributed by atoms with Gasteiger partial charge in [-0.3, -0.25) is 4.79 Å². The van der Waals surface area contributed by atoms with E-state index in [1.165, 1.54) is 0 Å². The van der Waals surface area contributed by atoms with Crippen LogP contribution >= 0.6 is 0 Å². The number of primary amides is 1. The minimum absolute atomic E-state index is 0.438. The van der Waals surface area contributed by atoms with Crippen LogP contribution in [-0.4, -0.2) is 27.2 Å². The van der Waals surface area contributed by atoms with Crippen LogP contribution in [-0.2, 0) is 13.1 Å². The molecule has 0 saturated carbocycles. The molecule has 1 aliphatic rings. The zero-order chi connectivity index (χ0) is 13.4. The molecule has 0 fully saturated rings. The van der Waals surface area contributed by atoms with Gasteiger partial charge in [-0.25, -0.2) is 0 Å². The van der Waals surface area contributed by atoms with Gasteiger partial charge in [-0.15, -0.1) is 10.2 Å². The van der Waals surface area contributed by atoms with Crippen LogP contribution in [0.25, 0.3) is 0 Å². The third kappa shape index (κ3) is 1.88. The van der Waals surface area contributed by atoms with E-state index in [0.717, 1.165) is 18.9 Å². The fraction of sp³-hybridized carbons (Fsp3) is 0.250. The summed E-state index contributed by atoms with van der Waals surface area (Å²) in [6.07, 6.45) is 1.70. The highest BCUT2D eigenvalue weighted by Crippen LogP contribution is 2.30. The maximum absolute atomic E-state index is 11.5. The molecule has 1 aromatic carbocycles. The Hall–Kier alpha value is -2.57. The van der Waals surface area contributed by atoms with Crippen molar-refractivity contribution in [3.8, 4) is 0 Å². The molecule has 1 amide bonds. The Balaban J connectivity index is 2.02. The highest BCUT2D eigenvalue weighted by Gasteiger charge is 2.23. The predicted octanol–water partition coefficient (Wildman–Crippen LogP) is -0.0206. The fourth-order valence-electron chi connectivity index (χ4n) is 2.37. The van der Waals surface area contributed by atoms with Gasteiger partial charge in [-0.2, -0.15) is 0 Å². The quantitative estimate of drug-likeness (QED) is 0.737. The number of para-hydroxylation sites is 1. The lowest BCUT2D eigenvalue weighted by atomic mass is 10.1. The summed E-state index contributed by atoms with van der Waals surface area (Å²) in [5.74, 6) is 0.374. The van der Waals surface area contributed by atoms with Crippen LogP contribution in [0.4, 0.5) is 11.4 Å². The van der Waals surface area contributed by atoms with Gasteiger partial charge in [0.05, 0.1) is 23.5 Å². The monoisotopic (exact) mass is 258 g/mol. The summed E-state index contributed by atoms with van der Waals surface area (Å²) in [6.45, 7) is 2.06. The number of anilines is 2. The first-order chi connectivity index (χ1) is 9.16. The lowest BCUT2D eigenvalue weighted by molar-refractivity contribution is 0.100. The minimum atomic E-state index is -0.477. The van der Waals surface area contributed by atoms with Crippen LogP contribution < -0.4 is 16.4 Å². The smallest absolute Gasteiger partial charge is 0.250 e. The van der Waals surface area contributed by atoms with E-state index in [9.17, 15) is 4.79 Å². The highest BCUT2D eigenvalue weighted by atomic mass is 16.1. The summed E-state index contributed by atoms with van der Waals surface area (Å²) in [6, 6.07) is 5.18. The van der Waals surface area contributed by atoms with Gasteiger partial charge in [-0.05, 0) is 12.1 Å². The van der Waals surface area contributed by atoms with Gasteiger partial charge >= 0.3 is 0 Å². The van der Waals surface area contributed by atoms with Crippen molar-refractivity contribution in [2.45, 2.75) is 13.1 Å². The van der Waals surface area contributed by atoms with Crippen molar-refractivity contribution in [2.24, 2.45) is 5.73 Å². The fourth-order valence-corrected chi connectivity index (χ4v) is 2.37. The van der Waals surface area contributed by atoms with Crippen molar-refractivity contribution < 1.29 is 4.79 Å². The number of carbonyl (C=O) groups is 1. The van der Waals surface area contributed by atoms with Crippen molar-refractivity contribution in [3.63, 3.8) is 0 Å². The average molecular weight is 258 g/mol. The molecule has 19 heavy (non-hydrogen) atoms. The van der Waals surface area contributed by atoms with Gasteiger partial charge in [0.2, 0.25) is 0 Å². The van der Waals surface area contributed by atoms with Crippen molar-refractivity contribution in [1.82, 2.24) is 14.8 Å². The Morgan fingerprint density at radius 3 is 2.95 bits per heavy atom. The van der Waals surface area contributed by atoms with Crippen LogP contribution in [0.1, 0.15) is 16.2 Å². The Morgan fingerprint density at radius 2 is 2.16 bits per heavy atom. The van der Waals surface area contributed by atoms with Crippen LogP contribution in [0.5, 0.6) is 0 Å². The minimum Gasteiger partial charge on any atom is -0.397 e. The number of hydrogen-bond acceptors (Lipinski definition) is 5. The van der Waals surface area contributed by atoms with Gasteiger partial charge in [0.1, 0.15) is 6.33 Å². The van der Waals surface area contributed by atoms with E-state index in [2.05, 4.69) is 10.2 Å². The number of nitrogens with zero attached hydrogens (tertiary/aromatic N) is 4. The largest absolute Gasteiger partial charge is 0.397 e. The van der Waals surface area contributed by atoms with E-state index >= 15 is 0 Å². The molecule has 0 unspecified atom stereocenters. The van der Waals surface area contributed by atoms with E-state index in [1.807, 2.05) is 9.47 Å². The molecule has 0 aliphatic carbocycles. The number of carbonyl (C=O) groups excluding carboxylic acids is 1. The van der Waals surface area contributed by atoms with Crippen molar-refractivity contribution in [2.75, 3.05) is 17.2 Å². The molecule has 3 rings (SSSR count). The summed E-state index contributed by atoms with van der Waals surface area (Å²) >= 11 is 0. The van der Waals surface area contributed by atoms with E-state index in [-0.39, 0.29) is 0 Å². The summed E-state index contributed by atoms with van der Waals surface area (Å²) in [7, 11) is 0. The number of aromatic nitrogens is 3. The van der Waals surface area contributed by atoms with Gasteiger partial charge in [0, 0.05) is 13.1 Å². The van der Waals surface area contributed by atoms with Crippen molar-refractivity contribution in [3.05, 3.63) is 35.9 Å². The number of benzene rings is 1. The van der Waals surface area contributed by atoms with Crippen LogP contribution in [0, 0.1) is 0 Å². The summed E-state index contributed by atoms with van der Waals surface area (Å²) in [4.78, 5) is 13.5. The molecule has 1 aliphatic heterocycles. The number of fused-ring (bicyclic) bond motifs is 1. The molecule has 4 N–H and O–H groups in total. The van der Waals surface area contributed by atoms with E-state index in [4.69, 9.17) is 11.5 Å². The van der Waals surface area contributed by atoms with Gasteiger partial charge in [0.25, 0.3) is 5.91 Å². The Labute approximate surface area is 109 Å². The second kappa shape index (κ2) is 4.27. The molecular formula is C12H14N6O. The first-order valence-electron chi connectivity index (χ1n) is 5.96. The molecule has 0 bridgehead atoms. The number of nitrogens with two attached hydrogens (primary N) is 2. The molecule has 0 saturated heterocycles. The number of rotatable bonds is 2. The highest BCUT2D eigenvalue weighted by molar-refractivity contribution is 6.01. The van der Waals surface area contributed by atoms with E-state index < -0.39 is 5.91 Å². The Bertz CT molecular complexity index is 635. The maximum Gasteiger partial charge on any atom is 0.250 e. The van der Waals surface area contributed by atoms with Crippen LogP contribution in [0.2, 0.25) is 0 Å². The first-order valence-corrected chi connectivity index (χ1v) is 5.96. The Morgan fingerprint density at radius 1 is 1.32 bits per heavy atom.